The third kappa shape index (κ3) is 4.46. The molecule has 10 rings (SSSR count). The van der Waals surface area contributed by atoms with Gasteiger partial charge < -0.3 is 14.4 Å². The van der Waals surface area contributed by atoms with Crippen molar-refractivity contribution >= 4 is 45.6 Å². The largest absolute Gasteiger partial charge is 0.480 e. The van der Waals surface area contributed by atoms with E-state index in [1.165, 1.54) is 58.0 Å². The van der Waals surface area contributed by atoms with Gasteiger partial charge in [-0.3, -0.25) is 0 Å². The summed E-state index contributed by atoms with van der Waals surface area (Å²) in [6.07, 6.45) is 18.1. The molecule has 6 aromatic rings. The van der Waals surface area contributed by atoms with Crippen molar-refractivity contribution < 1.29 is 9.47 Å². The van der Waals surface area contributed by atoms with E-state index >= 15 is 0 Å². The second kappa shape index (κ2) is 11.4. The second-order valence-corrected chi connectivity index (χ2v) is 13.8. The van der Waals surface area contributed by atoms with E-state index in [-0.39, 0.29) is 5.92 Å². The number of fused-ring (bicyclic) bond motifs is 3. The first kappa shape index (κ1) is 29.3. The Morgan fingerprint density at radius 3 is 2.36 bits per heavy atom. The van der Waals surface area contributed by atoms with Crippen LogP contribution in [0.3, 0.4) is 0 Å². The molecule has 2 atom stereocenters. The molecule has 0 spiro atoms. The number of methoxy groups -OCH3 is 1. The molecule has 0 bridgehead atoms. The molecule has 50 heavy (non-hydrogen) atoms. The van der Waals surface area contributed by atoms with Crippen LogP contribution in [0.4, 0.5) is 5.69 Å². The normalized spacial score (nSPS) is 20.2. The highest BCUT2D eigenvalue weighted by atomic mass is 16.5. The number of hydrogen-bond donors (Lipinski definition) is 0. The Morgan fingerprint density at radius 1 is 0.740 bits per heavy atom. The van der Waals surface area contributed by atoms with Crippen LogP contribution in [0.2, 0.25) is 0 Å². The average Bonchev–Trinajstić information content (AvgIpc) is 3.19. The van der Waals surface area contributed by atoms with Crippen LogP contribution < -0.4 is 14.4 Å². The maximum atomic E-state index is 7.12. The predicted molar refractivity (Wildman–Crippen MR) is 203 cm³/mol. The van der Waals surface area contributed by atoms with Gasteiger partial charge in [0.1, 0.15) is 11.6 Å². The first-order chi connectivity index (χ1) is 24.7. The van der Waals surface area contributed by atoms with Gasteiger partial charge in [-0.15, -0.1) is 0 Å². The molecule has 1 saturated heterocycles. The summed E-state index contributed by atoms with van der Waals surface area (Å²) < 4.78 is 13.2. The number of anilines is 1. The Kier molecular flexibility index (Phi) is 6.70. The lowest BCUT2D eigenvalue weighted by molar-refractivity contribution is 0.161. The van der Waals surface area contributed by atoms with Crippen LogP contribution in [0, 0.1) is 0 Å². The van der Waals surface area contributed by atoms with E-state index in [4.69, 9.17) is 19.4 Å². The average molecular weight is 652 g/mol. The minimum Gasteiger partial charge on any atom is -0.480 e. The highest BCUT2D eigenvalue weighted by Gasteiger charge is 2.38. The van der Waals surface area contributed by atoms with Crippen molar-refractivity contribution in [1.82, 2.24) is 9.97 Å². The summed E-state index contributed by atoms with van der Waals surface area (Å²) in [6.45, 7) is 2.23. The fourth-order valence-electron chi connectivity index (χ4n) is 8.60. The molecular weight excluding hydrogens is 615 g/mol. The summed E-state index contributed by atoms with van der Waals surface area (Å²) in [5.41, 5.74) is 9.55. The molecule has 5 aromatic carbocycles. The highest BCUT2D eigenvalue weighted by molar-refractivity contribution is 6.03. The van der Waals surface area contributed by atoms with Gasteiger partial charge in [0.15, 0.2) is 5.60 Å². The maximum absolute atomic E-state index is 7.12. The van der Waals surface area contributed by atoms with Crippen LogP contribution in [-0.4, -0.2) is 30.2 Å². The van der Waals surface area contributed by atoms with Crippen molar-refractivity contribution in [3.05, 3.63) is 154 Å². The van der Waals surface area contributed by atoms with Crippen molar-refractivity contribution in [2.75, 3.05) is 25.1 Å². The minimum atomic E-state index is -0.787. The predicted octanol–water partition coefficient (Wildman–Crippen LogP) is 9.86. The van der Waals surface area contributed by atoms with Crippen LogP contribution in [0.5, 0.6) is 11.6 Å². The fourth-order valence-corrected chi connectivity index (χ4v) is 8.60. The molecule has 5 heteroatoms. The summed E-state index contributed by atoms with van der Waals surface area (Å²) in [7, 11) is 1.69. The molecule has 0 radical (unpaired) electrons. The number of aromatic nitrogens is 2. The Labute approximate surface area is 292 Å². The number of benzene rings is 5. The van der Waals surface area contributed by atoms with E-state index < -0.39 is 5.60 Å². The van der Waals surface area contributed by atoms with E-state index in [9.17, 15) is 0 Å². The van der Waals surface area contributed by atoms with Gasteiger partial charge in [-0.2, -0.15) is 4.98 Å². The van der Waals surface area contributed by atoms with Gasteiger partial charge in [0.25, 0.3) is 0 Å². The molecule has 2 unspecified atom stereocenters. The van der Waals surface area contributed by atoms with E-state index in [1.54, 1.807) is 7.11 Å². The maximum Gasteiger partial charge on any atom is 0.225 e. The Balaban J connectivity index is 1.07. The zero-order chi connectivity index (χ0) is 33.2. The molecule has 0 amide bonds. The number of ether oxygens (including phenoxy) is 2. The molecule has 2 aliphatic heterocycles. The monoisotopic (exact) mass is 651 g/mol. The van der Waals surface area contributed by atoms with Crippen LogP contribution >= 0.6 is 0 Å². The molecule has 1 fully saturated rings. The molecule has 0 N–H and O–H groups in total. The Bertz CT molecular complexity index is 2400. The molecule has 0 saturated carbocycles. The summed E-state index contributed by atoms with van der Waals surface area (Å²) in [6, 6.07) is 32.6. The first-order valence-corrected chi connectivity index (χ1v) is 17.8. The van der Waals surface area contributed by atoms with Crippen LogP contribution in [0.15, 0.2) is 109 Å². The third-order valence-electron chi connectivity index (χ3n) is 11.1. The quantitative estimate of drug-likeness (QED) is 0.186. The van der Waals surface area contributed by atoms with Gasteiger partial charge in [0.05, 0.1) is 23.9 Å². The lowest BCUT2D eigenvalue weighted by Crippen LogP contribution is -2.34. The summed E-state index contributed by atoms with van der Waals surface area (Å²) >= 11 is 0. The van der Waals surface area contributed by atoms with Gasteiger partial charge in [0, 0.05) is 35.5 Å². The second-order valence-electron chi connectivity index (χ2n) is 13.8. The summed E-state index contributed by atoms with van der Waals surface area (Å²) in [5, 5.41) is 3.51. The topological polar surface area (TPSA) is 47.5 Å². The number of piperidine rings is 1. The zero-order valence-electron chi connectivity index (χ0n) is 28.1. The van der Waals surface area contributed by atoms with Crippen molar-refractivity contribution in [3.63, 3.8) is 0 Å². The smallest absolute Gasteiger partial charge is 0.225 e. The molecule has 3 heterocycles. The van der Waals surface area contributed by atoms with Crippen LogP contribution in [0.1, 0.15) is 69.9 Å². The van der Waals surface area contributed by atoms with Crippen molar-refractivity contribution in [2.45, 2.75) is 37.2 Å². The third-order valence-corrected chi connectivity index (χ3v) is 11.1. The first-order valence-electron chi connectivity index (χ1n) is 17.8. The highest BCUT2D eigenvalue weighted by Crippen LogP contribution is 2.47. The molecule has 1 aromatic heterocycles. The van der Waals surface area contributed by atoms with Gasteiger partial charge >= 0.3 is 0 Å². The molecule has 244 valence electrons. The zero-order valence-corrected chi connectivity index (χ0v) is 28.1. The van der Waals surface area contributed by atoms with E-state index in [1.807, 2.05) is 0 Å². The Morgan fingerprint density at radius 2 is 1.54 bits per heavy atom. The SMILES string of the molecule is COc1nc(C2C=Cc3ccc4c5c(ccc2c35)CC=C4)nc2ccc3c(c12)C=CC(c1ccccc1)(c1ccc(N2CCCCC2)cc1)O3. The standard InChI is InChI=1S/C45H37N3O2/c1-49-44-42-37-25-26-45(32-11-4-2-5-12-32,33-17-19-34(20-18-33)48-27-6-3-7-28-48)50-39(37)24-23-38(42)46-43(47-44)36-22-16-31-14-13-29-9-8-10-30-15-21-35(36)41(31)40(29)30/h2,4-5,8-9,11-26,36H,3,6-7,10,27-28H2,1H3. The lowest BCUT2D eigenvalue weighted by Gasteiger charge is -2.37. The van der Waals surface area contributed by atoms with E-state index in [0.717, 1.165) is 58.7 Å². The van der Waals surface area contributed by atoms with E-state index in [2.05, 4.69) is 132 Å². The van der Waals surface area contributed by atoms with Crippen LogP contribution in [-0.2, 0) is 12.0 Å². The van der Waals surface area contributed by atoms with Crippen molar-refractivity contribution in [2.24, 2.45) is 0 Å². The number of nitrogens with zero attached hydrogens (tertiary/aromatic N) is 3. The van der Waals surface area contributed by atoms with Crippen molar-refractivity contribution in [3.8, 4) is 11.6 Å². The number of allylic oxidation sites excluding steroid dienone is 2. The van der Waals surface area contributed by atoms with Gasteiger partial charge in [0.2, 0.25) is 5.88 Å². The van der Waals surface area contributed by atoms with E-state index in [0.29, 0.717) is 5.88 Å². The molecule has 5 nitrogen and oxygen atoms in total. The Hall–Kier alpha value is -5.68. The molecule has 2 aliphatic carbocycles. The van der Waals surface area contributed by atoms with Gasteiger partial charge in [-0.25, -0.2) is 4.98 Å². The number of hydrogen-bond acceptors (Lipinski definition) is 5. The fraction of sp³-hybridized carbons (Fsp3) is 0.200. The summed E-state index contributed by atoms with van der Waals surface area (Å²) in [4.78, 5) is 12.8. The van der Waals surface area contributed by atoms with Gasteiger partial charge in [-0.05, 0) is 95.1 Å². The number of rotatable bonds is 5. The molecular formula is C45H37N3O2. The van der Waals surface area contributed by atoms with Gasteiger partial charge in [-0.1, -0.05) is 91.0 Å². The molecule has 4 aliphatic rings. The summed E-state index contributed by atoms with van der Waals surface area (Å²) in [5.74, 6) is 1.98. The van der Waals surface area contributed by atoms with Crippen LogP contribution in [0.25, 0.3) is 39.9 Å². The minimum absolute atomic E-state index is 0.0857. The lowest BCUT2D eigenvalue weighted by atomic mass is 9.81. The van der Waals surface area contributed by atoms with Crippen molar-refractivity contribution in [1.29, 1.82) is 0 Å².